The predicted octanol–water partition coefficient (Wildman–Crippen LogP) is 2.85. The first kappa shape index (κ1) is 18.8. The van der Waals surface area contributed by atoms with Gasteiger partial charge in [0.15, 0.2) is 11.8 Å². The third kappa shape index (κ3) is 5.24. The summed E-state index contributed by atoms with van der Waals surface area (Å²) in [5.41, 5.74) is 0. The van der Waals surface area contributed by atoms with E-state index in [1.54, 1.807) is 0 Å². The van der Waals surface area contributed by atoms with Crippen molar-refractivity contribution in [2.24, 2.45) is 4.99 Å². The van der Waals surface area contributed by atoms with Crippen LogP contribution >= 0.6 is 11.8 Å². The molecule has 26 heavy (non-hydrogen) atoms. The lowest BCUT2D eigenvalue weighted by molar-refractivity contribution is 0.508. The van der Waals surface area contributed by atoms with Crippen molar-refractivity contribution in [1.82, 2.24) is 25.4 Å². The van der Waals surface area contributed by atoms with Gasteiger partial charge >= 0.3 is 0 Å². The molecular formula is C19H28N6S. The molecule has 2 aromatic rings. The molecule has 0 bridgehead atoms. The van der Waals surface area contributed by atoms with E-state index in [2.05, 4.69) is 63.5 Å². The lowest BCUT2D eigenvalue weighted by atomic mass is 10.2. The first-order valence-electron chi connectivity index (χ1n) is 9.41. The van der Waals surface area contributed by atoms with E-state index in [-0.39, 0.29) is 0 Å². The fourth-order valence-electron chi connectivity index (χ4n) is 2.99. The van der Waals surface area contributed by atoms with Gasteiger partial charge in [-0.25, -0.2) is 4.99 Å². The first-order valence-corrected chi connectivity index (χ1v) is 10.3. The van der Waals surface area contributed by atoms with E-state index in [0.29, 0.717) is 11.8 Å². The number of benzene rings is 1. The Kier molecular flexibility index (Phi) is 6.94. The van der Waals surface area contributed by atoms with Crippen LogP contribution in [-0.4, -0.2) is 39.1 Å². The van der Waals surface area contributed by atoms with Crippen molar-refractivity contribution in [2.75, 3.05) is 13.1 Å². The molecule has 0 radical (unpaired) electrons. The monoisotopic (exact) mass is 372 g/mol. The largest absolute Gasteiger partial charge is 0.357 e. The van der Waals surface area contributed by atoms with Crippen LogP contribution in [0.15, 0.2) is 40.2 Å². The molecule has 0 spiro atoms. The zero-order chi connectivity index (χ0) is 18.2. The van der Waals surface area contributed by atoms with Crippen LogP contribution < -0.4 is 10.6 Å². The number of fused-ring (bicyclic) bond motifs is 1. The number of rotatable bonds is 7. The summed E-state index contributed by atoms with van der Waals surface area (Å²) in [5, 5.41) is 15.8. The Morgan fingerprint density at radius 2 is 2.08 bits per heavy atom. The molecule has 0 aliphatic carbocycles. The summed E-state index contributed by atoms with van der Waals surface area (Å²) in [7, 11) is 0. The molecule has 0 fully saturated rings. The number of aryl methyl sites for hydroxylation is 1. The summed E-state index contributed by atoms with van der Waals surface area (Å²) in [6, 6.07) is 10.5. The molecule has 140 valence electrons. The van der Waals surface area contributed by atoms with Gasteiger partial charge in [0.25, 0.3) is 0 Å². The number of hydrogen-bond donors (Lipinski definition) is 2. The fraction of sp³-hybridized carbons (Fsp3) is 0.526. The van der Waals surface area contributed by atoms with Crippen LogP contribution in [0.2, 0.25) is 0 Å². The molecule has 0 saturated carbocycles. The second kappa shape index (κ2) is 9.62. The topological polar surface area (TPSA) is 67.1 Å². The van der Waals surface area contributed by atoms with Crippen molar-refractivity contribution < 1.29 is 0 Å². The second-order valence-corrected chi connectivity index (χ2v) is 7.97. The standard InChI is InChI=1S/C19H28N6S/c1-3-20-19(21-13-15(2)26-16-9-5-4-6-10-16)22-14-18-24-23-17-11-7-8-12-25(17)18/h4-6,9-10,15H,3,7-8,11-14H2,1-2H3,(H2,20,21,22). The van der Waals surface area contributed by atoms with Gasteiger partial charge in [-0.15, -0.1) is 22.0 Å². The number of nitrogens with zero attached hydrogens (tertiary/aromatic N) is 4. The predicted molar refractivity (Wildman–Crippen MR) is 108 cm³/mol. The molecule has 2 heterocycles. The summed E-state index contributed by atoms with van der Waals surface area (Å²) >= 11 is 1.87. The molecule has 6 nitrogen and oxygen atoms in total. The zero-order valence-corrected chi connectivity index (χ0v) is 16.4. The van der Waals surface area contributed by atoms with Crippen molar-refractivity contribution in [2.45, 2.75) is 56.3 Å². The number of guanidine groups is 1. The molecule has 0 saturated heterocycles. The average Bonchev–Trinajstić information content (AvgIpc) is 3.08. The molecule has 1 aliphatic heterocycles. The smallest absolute Gasteiger partial charge is 0.191 e. The molecular weight excluding hydrogens is 344 g/mol. The maximum Gasteiger partial charge on any atom is 0.191 e. The summed E-state index contributed by atoms with van der Waals surface area (Å²) < 4.78 is 2.23. The van der Waals surface area contributed by atoms with Gasteiger partial charge in [-0.05, 0) is 31.9 Å². The van der Waals surface area contributed by atoms with Crippen LogP contribution in [0.3, 0.4) is 0 Å². The molecule has 1 aromatic heterocycles. The lowest BCUT2D eigenvalue weighted by Crippen LogP contribution is -2.40. The van der Waals surface area contributed by atoms with Crippen LogP contribution in [-0.2, 0) is 19.5 Å². The van der Waals surface area contributed by atoms with Gasteiger partial charge in [0, 0.05) is 36.2 Å². The second-order valence-electron chi connectivity index (χ2n) is 6.46. The number of thioether (sulfide) groups is 1. The maximum atomic E-state index is 4.70. The van der Waals surface area contributed by atoms with Crippen LogP contribution in [0.1, 0.15) is 38.3 Å². The summed E-state index contributed by atoms with van der Waals surface area (Å²) in [6.07, 6.45) is 3.44. The van der Waals surface area contributed by atoms with Gasteiger partial charge in [-0.3, -0.25) is 0 Å². The first-order chi connectivity index (χ1) is 12.8. The van der Waals surface area contributed by atoms with E-state index in [9.17, 15) is 0 Å². The highest BCUT2D eigenvalue weighted by atomic mass is 32.2. The summed E-state index contributed by atoms with van der Waals surface area (Å²) in [5.74, 6) is 2.90. The van der Waals surface area contributed by atoms with E-state index in [1.807, 2.05) is 17.8 Å². The van der Waals surface area contributed by atoms with E-state index in [0.717, 1.165) is 43.7 Å². The molecule has 0 amide bonds. The minimum atomic E-state index is 0.446. The Morgan fingerprint density at radius 3 is 2.88 bits per heavy atom. The van der Waals surface area contributed by atoms with Crippen molar-refractivity contribution >= 4 is 17.7 Å². The van der Waals surface area contributed by atoms with Crippen LogP contribution in [0.5, 0.6) is 0 Å². The molecule has 2 N–H and O–H groups in total. The van der Waals surface area contributed by atoms with E-state index < -0.39 is 0 Å². The van der Waals surface area contributed by atoms with Gasteiger partial charge in [-0.1, -0.05) is 25.1 Å². The molecule has 1 aromatic carbocycles. The van der Waals surface area contributed by atoms with Gasteiger partial charge in [-0.2, -0.15) is 0 Å². The highest BCUT2D eigenvalue weighted by Gasteiger charge is 2.15. The lowest BCUT2D eigenvalue weighted by Gasteiger charge is -2.16. The molecule has 7 heteroatoms. The third-order valence-electron chi connectivity index (χ3n) is 4.30. The van der Waals surface area contributed by atoms with E-state index >= 15 is 0 Å². The normalized spacial score (nSPS) is 15.4. The van der Waals surface area contributed by atoms with Gasteiger partial charge in [0.2, 0.25) is 0 Å². The van der Waals surface area contributed by atoms with Crippen molar-refractivity contribution in [3.05, 3.63) is 42.0 Å². The summed E-state index contributed by atoms with van der Waals surface area (Å²) in [4.78, 5) is 6.00. The van der Waals surface area contributed by atoms with E-state index in [4.69, 9.17) is 4.99 Å². The minimum absolute atomic E-state index is 0.446. The molecule has 1 atom stereocenters. The molecule has 3 rings (SSSR count). The fourth-order valence-corrected chi connectivity index (χ4v) is 3.94. The highest BCUT2D eigenvalue weighted by Crippen LogP contribution is 2.21. The maximum absolute atomic E-state index is 4.70. The van der Waals surface area contributed by atoms with Gasteiger partial charge in [0.05, 0.1) is 0 Å². The zero-order valence-electron chi connectivity index (χ0n) is 15.6. The van der Waals surface area contributed by atoms with Gasteiger partial charge < -0.3 is 15.2 Å². The Hall–Kier alpha value is -2.02. The van der Waals surface area contributed by atoms with Gasteiger partial charge in [0.1, 0.15) is 12.4 Å². The Morgan fingerprint density at radius 1 is 1.23 bits per heavy atom. The third-order valence-corrected chi connectivity index (χ3v) is 5.41. The number of nitrogens with one attached hydrogen (secondary N) is 2. The summed E-state index contributed by atoms with van der Waals surface area (Å²) in [6.45, 7) is 7.57. The van der Waals surface area contributed by atoms with Crippen molar-refractivity contribution in [3.8, 4) is 0 Å². The van der Waals surface area contributed by atoms with Crippen LogP contribution in [0.4, 0.5) is 0 Å². The van der Waals surface area contributed by atoms with Crippen molar-refractivity contribution in [3.63, 3.8) is 0 Å². The molecule has 1 unspecified atom stereocenters. The number of hydrogen-bond acceptors (Lipinski definition) is 4. The van der Waals surface area contributed by atoms with Crippen LogP contribution in [0, 0.1) is 0 Å². The average molecular weight is 373 g/mol. The Bertz CT molecular complexity index is 712. The quantitative estimate of drug-likeness (QED) is 0.444. The minimum Gasteiger partial charge on any atom is -0.357 e. The SMILES string of the molecule is CCNC(=NCc1nnc2n1CCCC2)NCC(C)Sc1ccccc1. The van der Waals surface area contributed by atoms with Crippen molar-refractivity contribution in [1.29, 1.82) is 0 Å². The highest BCUT2D eigenvalue weighted by molar-refractivity contribution is 8.00. The Labute approximate surface area is 159 Å². The molecule has 1 aliphatic rings. The van der Waals surface area contributed by atoms with Crippen LogP contribution in [0.25, 0.3) is 0 Å². The number of aromatic nitrogens is 3. The van der Waals surface area contributed by atoms with E-state index in [1.165, 1.54) is 17.7 Å². The number of aliphatic imine (C=N–C) groups is 1. The Balaban J connectivity index is 1.54.